The molecule has 130 valence electrons. The van der Waals surface area contributed by atoms with Crippen LogP contribution in [0.15, 0.2) is 4.99 Å². The van der Waals surface area contributed by atoms with E-state index in [2.05, 4.69) is 36.4 Å². The summed E-state index contributed by atoms with van der Waals surface area (Å²) in [4.78, 5) is 4.29. The van der Waals surface area contributed by atoms with Crippen molar-refractivity contribution in [3.05, 3.63) is 0 Å². The molecule has 1 aliphatic carbocycles. The van der Waals surface area contributed by atoms with Crippen molar-refractivity contribution in [2.24, 2.45) is 10.4 Å². The number of methoxy groups -OCH3 is 2. The highest BCUT2D eigenvalue weighted by Crippen LogP contribution is 2.51. The molecule has 0 bridgehead atoms. The third-order valence-corrected chi connectivity index (χ3v) is 5.00. The quantitative estimate of drug-likeness (QED) is 0.383. The van der Waals surface area contributed by atoms with Gasteiger partial charge in [-0.3, -0.25) is 4.99 Å². The van der Waals surface area contributed by atoms with Crippen LogP contribution in [0.1, 0.15) is 33.6 Å². The summed E-state index contributed by atoms with van der Waals surface area (Å²) in [5.41, 5.74) is 0.00133. The molecule has 0 spiro atoms. The van der Waals surface area contributed by atoms with E-state index in [1.54, 1.807) is 21.3 Å². The van der Waals surface area contributed by atoms with Crippen LogP contribution >= 0.6 is 0 Å². The maximum atomic E-state index is 5.65. The van der Waals surface area contributed by atoms with Crippen LogP contribution < -0.4 is 10.6 Å². The SMILES string of the molecule is CN=C(NCCCOCCOC)NC1CC(C)(OC)C1(C)C. The minimum atomic E-state index is -0.0707. The predicted octanol–water partition coefficient (Wildman–Crippen LogP) is 1.41. The molecule has 6 nitrogen and oxygen atoms in total. The number of aliphatic imine (C=N–C) groups is 1. The average Bonchev–Trinajstić information content (AvgIpc) is 2.51. The van der Waals surface area contributed by atoms with Crippen LogP contribution in [-0.2, 0) is 14.2 Å². The largest absolute Gasteiger partial charge is 0.382 e. The molecule has 0 amide bonds. The molecule has 0 radical (unpaired) electrons. The molecule has 2 unspecified atom stereocenters. The second-order valence-electron chi connectivity index (χ2n) is 6.52. The van der Waals surface area contributed by atoms with Crippen LogP contribution in [0.25, 0.3) is 0 Å². The van der Waals surface area contributed by atoms with Crippen molar-refractivity contribution >= 4 is 5.96 Å². The molecule has 2 N–H and O–H groups in total. The van der Waals surface area contributed by atoms with Gasteiger partial charge in [-0.15, -0.1) is 0 Å². The van der Waals surface area contributed by atoms with Gasteiger partial charge in [-0.25, -0.2) is 0 Å². The van der Waals surface area contributed by atoms with Crippen molar-refractivity contribution in [2.45, 2.75) is 45.3 Å². The van der Waals surface area contributed by atoms with Crippen molar-refractivity contribution in [3.8, 4) is 0 Å². The van der Waals surface area contributed by atoms with Gasteiger partial charge in [0, 0.05) is 45.9 Å². The lowest BCUT2D eigenvalue weighted by molar-refractivity contribution is -0.176. The summed E-state index contributed by atoms with van der Waals surface area (Å²) in [6.45, 7) is 9.48. The monoisotopic (exact) mass is 315 g/mol. The Morgan fingerprint density at radius 2 is 1.91 bits per heavy atom. The number of ether oxygens (including phenoxy) is 3. The van der Waals surface area contributed by atoms with Gasteiger partial charge < -0.3 is 24.8 Å². The lowest BCUT2D eigenvalue weighted by Crippen LogP contribution is -2.69. The van der Waals surface area contributed by atoms with Gasteiger partial charge in [-0.2, -0.15) is 0 Å². The fourth-order valence-corrected chi connectivity index (χ4v) is 2.71. The summed E-state index contributed by atoms with van der Waals surface area (Å²) in [6, 6.07) is 0.363. The molecule has 2 atom stereocenters. The van der Waals surface area contributed by atoms with E-state index in [0.717, 1.165) is 32.0 Å². The van der Waals surface area contributed by atoms with Gasteiger partial charge in [0.1, 0.15) is 0 Å². The Kier molecular flexibility index (Phi) is 7.59. The Labute approximate surface area is 135 Å². The summed E-state index contributed by atoms with van der Waals surface area (Å²) >= 11 is 0. The molecule has 1 saturated carbocycles. The average molecular weight is 315 g/mol. The summed E-state index contributed by atoms with van der Waals surface area (Å²) < 4.78 is 16.0. The number of nitrogens with zero attached hydrogens (tertiary/aromatic N) is 1. The van der Waals surface area contributed by atoms with Gasteiger partial charge in [0.2, 0.25) is 0 Å². The lowest BCUT2D eigenvalue weighted by Gasteiger charge is -2.59. The molecule has 0 aromatic carbocycles. The van der Waals surface area contributed by atoms with Crippen LogP contribution in [0.4, 0.5) is 0 Å². The van der Waals surface area contributed by atoms with Crippen molar-refractivity contribution < 1.29 is 14.2 Å². The minimum absolute atomic E-state index is 0.0707. The second kappa shape index (κ2) is 8.70. The molecule has 0 saturated heterocycles. The molecule has 0 aromatic heterocycles. The highest BCUT2D eigenvalue weighted by molar-refractivity contribution is 5.80. The molecule has 6 heteroatoms. The van der Waals surface area contributed by atoms with Crippen LogP contribution in [0, 0.1) is 5.41 Å². The smallest absolute Gasteiger partial charge is 0.191 e. The van der Waals surface area contributed by atoms with Crippen molar-refractivity contribution in [3.63, 3.8) is 0 Å². The van der Waals surface area contributed by atoms with Crippen LogP contribution in [-0.4, -0.2) is 65.2 Å². The summed E-state index contributed by atoms with van der Waals surface area (Å²) in [7, 11) is 5.26. The van der Waals surface area contributed by atoms with Gasteiger partial charge in [0.15, 0.2) is 5.96 Å². The Balaban J connectivity index is 2.24. The van der Waals surface area contributed by atoms with E-state index in [0.29, 0.717) is 19.3 Å². The number of rotatable bonds is 9. The zero-order chi connectivity index (χ0) is 16.6. The number of nitrogens with one attached hydrogen (secondary N) is 2. The van der Waals surface area contributed by atoms with Gasteiger partial charge in [-0.05, 0) is 19.8 Å². The lowest BCUT2D eigenvalue weighted by atomic mass is 9.56. The fraction of sp³-hybridized carbons (Fsp3) is 0.938. The van der Waals surface area contributed by atoms with Crippen molar-refractivity contribution in [1.29, 1.82) is 0 Å². The van der Waals surface area contributed by atoms with E-state index in [4.69, 9.17) is 14.2 Å². The second-order valence-corrected chi connectivity index (χ2v) is 6.52. The summed E-state index contributed by atoms with van der Waals surface area (Å²) in [5, 5.41) is 6.82. The summed E-state index contributed by atoms with van der Waals surface area (Å²) in [6.07, 6.45) is 1.92. The number of hydrogen-bond acceptors (Lipinski definition) is 4. The Morgan fingerprint density at radius 3 is 2.45 bits per heavy atom. The third-order valence-electron chi connectivity index (χ3n) is 5.00. The Bertz CT molecular complexity index is 361. The van der Waals surface area contributed by atoms with Gasteiger partial charge >= 0.3 is 0 Å². The van der Waals surface area contributed by atoms with E-state index in [1.807, 2.05) is 0 Å². The highest BCUT2D eigenvalue weighted by atomic mass is 16.5. The minimum Gasteiger partial charge on any atom is -0.382 e. The molecule has 0 aliphatic heterocycles. The Morgan fingerprint density at radius 1 is 1.18 bits per heavy atom. The molecule has 0 heterocycles. The van der Waals surface area contributed by atoms with Gasteiger partial charge in [0.25, 0.3) is 0 Å². The predicted molar refractivity (Wildman–Crippen MR) is 89.4 cm³/mol. The van der Waals surface area contributed by atoms with E-state index < -0.39 is 0 Å². The molecule has 1 fully saturated rings. The first-order chi connectivity index (χ1) is 10.4. The standard InChI is InChI=1S/C16H33N3O3/c1-15(2)13(12-16(15,3)21-6)19-14(17-4)18-8-7-9-22-11-10-20-5/h13H,7-12H2,1-6H3,(H2,17,18,19). The number of hydrogen-bond donors (Lipinski definition) is 2. The van der Waals surface area contributed by atoms with Crippen LogP contribution in [0.5, 0.6) is 0 Å². The Hall–Kier alpha value is -0.850. The molecular weight excluding hydrogens is 282 g/mol. The molecule has 1 aliphatic rings. The van der Waals surface area contributed by atoms with Gasteiger partial charge in [0.05, 0.1) is 18.8 Å². The topological polar surface area (TPSA) is 64.1 Å². The maximum Gasteiger partial charge on any atom is 0.191 e. The van der Waals surface area contributed by atoms with Gasteiger partial charge in [-0.1, -0.05) is 13.8 Å². The summed E-state index contributed by atoms with van der Waals surface area (Å²) in [5.74, 6) is 0.841. The fourth-order valence-electron chi connectivity index (χ4n) is 2.71. The molecular formula is C16H33N3O3. The van der Waals surface area contributed by atoms with Crippen molar-refractivity contribution in [1.82, 2.24) is 10.6 Å². The first kappa shape index (κ1) is 19.2. The molecule has 0 aromatic rings. The zero-order valence-electron chi connectivity index (χ0n) is 15.0. The van der Waals surface area contributed by atoms with Crippen LogP contribution in [0.3, 0.4) is 0 Å². The molecule has 1 rings (SSSR count). The molecule has 22 heavy (non-hydrogen) atoms. The van der Waals surface area contributed by atoms with Crippen LogP contribution in [0.2, 0.25) is 0 Å². The first-order valence-electron chi connectivity index (χ1n) is 8.00. The van der Waals surface area contributed by atoms with E-state index in [1.165, 1.54) is 0 Å². The van der Waals surface area contributed by atoms with E-state index in [9.17, 15) is 0 Å². The maximum absolute atomic E-state index is 5.65. The number of guanidine groups is 1. The van der Waals surface area contributed by atoms with E-state index in [-0.39, 0.29) is 11.0 Å². The van der Waals surface area contributed by atoms with Crippen molar-refractivity contribution in [2.75, 3.05) is 47.6 Å². The van der Waals surface area contributed by atoms with E-state index >= 15 is 0 Å². The first-order valence-corrected chi connectivity index (χ1v) is 8.00. The zero-order valence-corrected chi connectivity index (χ0v) is 15.0. The normalized spacial score (nSPS) is 27.4. The highest BCUT2D eigenvalue weighted by Gasteiger charge is 2.57. The third kappa shape index (κ3) is 4.57.